The number of halogens is 2. The Morgan fingerprint density at radius 2 is 1.48 bits per heavy atom. The molecule has 0 aliphatic heterocycles. The van der Waals surface area contributed by atoms with Crippen LogP contribution in [0.15, 0.2) is 91.0 Å². The summed E-state index contributed by atoms with van der Waals surface area (Å²) in [6.07, 6.45) is 1.19. The molecule has 0 aliphatic carbocycles. The van der Waals surface area contributed by atoms with Crippen molar-refractivity contribution in [1.82, 2.24) is 15.3 Å². The second-order valence-corrected chi connectivity index (χ2v) is 10.3. The largest absolute Gasteiger partial charge is 0.481 e. The van der Waals surface area contributed by atoms with Crippen molar-refractivity contribution in [3.63, 3.8) is 0 Å². The van der Waals surface area contributed by atoms with Crippen molar-refractivity contribution in [2.45, 2.75) is 25.8 Å². The van der Waals surface area contributed by atoms with Gasteiger partial charge in [0.25, 0.3) is 5.91 Å². The summed E-state index contributed by atoms with van der Waals surface area (Å²) in [6.45, 7) is 0.352. The van der Waals surface area contributed by atoms with Gasteiger partial charge in [-0.25, -0.2) is 9.97 Å². The molecule has 1 aromatic heterocycles. The lowest BCUT2D eigenvalue weighted by Gasteiger charge is -2.12. The molecule has 5 aromatic rings. The Balaban J connectivity index is 1.44. The molecule has 0 spiro atoms. The zero-order valence-electron chi connectivity index (χ0n) is 21.4. The fraction of sp³-hybridized carbons (Fsp3) is 0.125. The van der Waals surface area contributed by atoms with E-state index in [0.29, 0.717) is 46.0 Å². The number of carbonyl (C=O) groups excluding carboxylic acids is 1. The highest BCUT2D eigenvalue weighted by Crippen LogP contribution is 2.27. The number of hydrogen-bond donors (Lipinski definition) is 2. The Morgan fingerprint density at radius 3 is 2.25 bits per heavy atom. The Labute approximate surface area is 241 Å². The molecule has 8 heteroatoms. The van der Waals surface area contributed by atoms with Gasteiger partial charge in [-0.3, -0.25) is 9.59 Å². The van der Waals surface area contributed by atoms with Gasteiger partial charge in [-0.2, -0.15) is 0 Å². The number of benzene rings is 4. The third kappa shape index (κ3) is 6.84. The number of aromatic nitrogens is 2. The van der Waals surface area contributed by atoms with Gasteiger partial charge in [0.2, 0.25) is 0 Å². The van der Waals surface area contributed by atoms with Crippen LogP contribution in [0.4, 0.5) is 0 Å². The Morgan fingerprint density at radius 1 is 0.725 bits per heavy atom. The van der Waals surface area contributed by atoms with E-state index in [1.54, 1.807) is 24.3 Å². The molecule has 6 nitrogen and oxygen atoms in total. The van der Waals surface area contributed by atoms with Crippen LogP contribution in [-0.4, -0.2) is 27.0 Å². The quantitative estimate of drug-likeness (QED) is 0.200. The first kappa shape index (κ1) is 27.3. The van der Waals surface area contributed by atoms with E-state index in [9.17, 15) is 9.59 Å². The van der Waals surface area contributed by atoms with Crippen LogP contribution in [-0.2, 0) is 30.6 Å². The monoisotopic (exact) mass is 569 g/mol. The maximum atomic E-state index is 12.9. The molecule has 0 atom stereocenters. The standard InChI is InChI=1S/C32H25Cl2N3O3/c33-25-11-8-23(9-12-25)31-28(13-7-20-3-1-4-21(15-20)17-30(38)39)36-29-18-24(10-14-27(29)37-31)32(40)35-19-22-5-2-6-26(34)16-22/h1-6,8-12,14-16,18H,7,13,17,19H2,(H,35,40)(H,38,39). The molecule has 40 heavy (non-hydrogen) atoms. The molecule has 2 N–H and O–H groups in total. The molecule has 0 aliphatic rings. The number of nitrogens with one attached hydrogen (secondary N) is 1. The number of carboxylic acids is 1. The lowest BCUT2D eigenvalue weighted by Crippen LogP contribution is -2.22. The average molecular weight is 570 g/mol. The highest BCUT2D eigenvalue weighted by Gasteiger charge is 2.14. The molecule has 0 radical (unpaired) electrons. The molecule has 0 saturated carbocycles. The molecule has 0 fully saturated rings. The number of hydrogen-bond acceptors (Lipinski definition) is 4. The van der Waals surface area contributed by atoms with E-state index < -0.39 is 5.97 Å². The van der Waals surface area contributed by atoms with Crippen molar-refractivity contribution in [2.24, 2.45) is 0 Å². The van der Waals surface area contributed by atoms with E-state index in [1.807, 2.05) is 66.7 Å². The molecular formula is C32H25Cl2N3O3. The van der Waals surface area contributed by atoms with Crippen molar-refractivity contribution >= 4 is 46.1 Å². The van der Waals surface area contributed by atoms with Crippen molar-refractivity contribution in [3.05, 3.63) is 129 Å². The van der Waals surface area contributed by atoms with Gasteiger partial charge in [0, 0.05) is 27.7 Å². The molecule has 5 rings (SSSR count). The van der Waals surface area contributed by atoms with Crippen LogP contribution < -0.4 is 5.32 Å². The fourth-order valence-electron chi connectivity index (χ4n) is 4.51. The van der Waals surface area contributed by atoms with Crippen LogP contribution in [0.2, 0.25) is 10.0 Å². The van der Waals surface area contributed by atoms with E-state index in [0.717, 1.165) is 33.6 Å². The predicted molar refractivity (Wildman–Crippen MR) is 158 cm³/mol. The van der Waals surface area contributed by atoms with Crippen LogP contribution in [0.3, 0.4) is 0 Å². The van der Waals surface area contributed by atoms with Crippen molar-refractivity contribution in [2.75, 3.05) is 0 Å². The number of amides is 1. The molecule has 4 aromatic carbocycles. The average Bonchev–Trinajstić information content (AvgIpc) is 2.94. The maximum absolute atomic E-state index is 12.9. The zero-order valence-corrected chi connectivity index (χ0v) is 22.9. The van der Waals surface area contributed by atoms with Gasteiger partial charge >= 0.3 is 5.97 Å². The number of carboxylic acid groups (broad SMARTS) is 1. The summed E-state index contributed by atoms with van der Waals surface area (Å²) in [6, 6.07) is 27.7. The van der Waals surface area contributed by atoms with Crippen LogP contribution in [0.25, 0.3) is 22.3 Å². The van der Waals surface area contributed by atoms with Gasteiger partial charge in [-0.15, -0.1) is 0 Å². The minimum Gasteiger partial charge on any atom is -0.481 e. The molecule has 0 unspecified atom stereocenters. The SMILES string of the molecule is O=C(O)Cc1cccc(CCc2nc3cc(C(=O)NCc4cccc(Cl)c4)ccc3nc2-c2ccc(Cl)cc2)c1. The van der Waals surface area contributed by atoms with Gasteiger partial charge in [-0.05, 0) is 72.0 Å². The lowest BCUT2D eigenvalue weighted by atomic mass is 10.0. The van der Waals surface area contributed by atoms with Crippen molar-refractivity contribution < 1.29 is 14.7 Å². The minimum absolute atomic E-state index is 0.0260. The third-order valence-corrected chi connectivity index (χ3v) is 6.94. The molecule has 1 amide bonds. The second-order valence-electron chi connectivity index (χ2n) is 9.43. The minimum atomic E-state index is -0.866. The summed E-state index contributed by atoms with van der Waals surface area (Å²) in [4.78, 5) is 33.9. The molecule has 1 heterocycles. The summed E-state index contributed by atoms with van der Waals surface area (Å²) in [5.74, 6) is -1.09. The van der Waals surface area contributed by atoms with Gasteiger partial charge in [-0.1, -0.05) is 71.7 Å². The van der Waals surface area contributed by atoms with Gasteiger partial charge < -0.3 is 10.4 Å². The fourth-order valence-corrected chi connectivity index (χ4v) is 4.85. The first-order valence-corrected chi connectivity index (χ1v) is 13.5. The van der Waals surface area contributed by atoms with E-state index in [1.165, 1.54) is 0 Å². The summed E-state index contributed by atoms with van der Waals surface area (Å²) < 4.78 is 0. The normalized spacial score (nSPS) is 10.9. The number of aryl methyl sites for hydroxylation is 2. The highest BCUT2D eigenvalue weighted by molar-refractivity contribution is 6.30. The number of fused-ring (bicyclic) bond motifs is 1. The second kappa shape index (κ2) is 12.3. The smallest absolute Gasteiger partial charge is 0.307 e. The van der Waals surface area contributed by atoms with Crippen LogP contribution in [0.5, 0.6) is 0 Å². The van der Waals surface area contributed by atoms with Gasteiger partial charge in [0.05, 0.1) is 28.8 Å². The number of rotatable bonds is 9. The first-order valence-electron chi connectivity index (χ1n) is 12.7. The highest BCUT2D eigenvalue weighted by atomic mass is 35.5. The van der Waals surface area contributed by atoms with E-state index >= 15 is 0 Å². The number of aliphatic carboxylic acids is 1. The lowest BCUT2D eigenvalue weighted by molar-refractivity contribution is -0.136. The summed E-state index contributed by atoms with van der Waals surface area (Å²) in [5.41, 5.74) is 6.83. The number of carbonyl (C=O) groups is 2. The Kier molecular flexibility index (Phi) is 8.39. The van der Waals surface area contributed by atoms with Gasteiger partial charge in [0.15, 0.2) is 0 Å². The first-order chi connectivity index (χ1) is 19.3. The van der Waals surface area contributed by atoms with E-state index in [2.05, 4.69) is 5.32 Å². The van der Waals surface area contributed by atoms with Crippen LogP contribution in [0, 0.1) is 0 Å². The molecular weight excluding hydrogens is 545 g/mol. The van der Waals surface area contributed by atoms with E-state index in [4.69, 9.17) is 38.3 Å². The third-order valence-electron chi connectivity index (χ3n) is 6.46. The van der Waals surface area contributed by atoms with E-state index in [-0.39, 0.29) is 12.3 Å². The van der Waals surface area contributed by atoms with Gasteiger partial charge in [0.1, 0.15) is 0 Å². The molecule has 0 saturated heterocycles. The Hall–Kier alpha value is -4.26. The zero-order chi connectivity index (χ0) is 28.1. The molecule has 200 valence electrons. The van der Waals surface area contributed by atoms with Crippen molar-refractivity contribution in [1.29, 1.82) is 0 Å². The van der Waals surface area contributed by atoms with Crippen LogP contribution >= 0.6 is 23.2 Å². The predicted octanol–water partition coefficient (Wildman–Crippen LogP) is 6.95. The Bertz CT molecular complexity index is 1700. The van der Waals surface area contributed by atoms with Crippen molar-refractivity contribution in [3.8, 4) is 11.3 Å². The summed E-state index contributed by atoms with van der Waals surface area (Å²) in [7, 11) is 0. The summed E-state index contributed by atoms with van der Waals surface area (Å²) in [5, 5.41) is 13.3. The van der Waals surface area contributed by atoms with Crippen LogP contribution in [0.1, 0.15) is 32.7 Å². The summed E-state index contributed by atoms with van der Waals surface area (Å²) >= 11 is 12.2. The number of nitrogens with zero attached hydrogens (tertiary/aromatic N) is 2. The maximum Gasteiger partial charge on any atom is 0.307 e. The topological polar surface area (TPSA) is 92.2 Å². The molecule has 0 bridgehead atoms.